The Hall–Kier alpha value is -0.0500. The van der Waals surface area contributed by atoms with Gasteiger partial charge < -0.3 is 0 Å². The number of unbranched alkanes of at least 4 members (excludes halogenated alkanes) is 4. The van der Waals surface area contributed by atoms with Gasteiger partial charge in [0.15, 0.2) is 0 Å². The molecule has 1 radical (unpaired) electrons. The molecule has 0 atom stereocenters. The summed E-state index contributed by atoms with van der Waals surface area (Å²) in [7, 11) is -2.72. The van der Waals surface area contributed by atoms with Gasteiger partial charge in [0.25, 0.3) is 0 Å². The van der Waals surface area contributed by atoms with E-state index in [4.69, 9.17) is 0 Å². The highest BCUT2D eigenvalue weighted by molar-refractivity contribution is 7.90. The van der Waals surface area contributed by atoms with Crippen LogP contribution in [-0.2, 0) is 9.84 Å². The van der Waals surface area contributed by atoms with Crippen LogP contribution in [0.4, 0.5) is 0 Å². The molecule has 0 N–H and O–H groups in total. The Morgan fingerprint density at radius 1 is 1.18 bits per heavy atom. The normalized spacial score (nSPS) is 11.8. The minimum atomic E-state index is -2.72. The quantitative estimate of drug-likeness (QED) is 0.580. The molecule has 0 bridgehead atoms. The third-order valence-electron chi connectivity index (χ3n) is 1.51. The third-order valence-corrected chi connectivity index (χ3v) is 2.54. The lowest BCUT2D eigenvalue weighted by molar-refractivity contribution is 0.595. The van der Waals surface area contributed by atoms with Crippen LogP contribution < -0.4 is 0 Å². The van der Waals surface area contributed by atoms with E-state index in [1.807, 2.05) is 6.92 Å². The maximum atomic E-state index is 10.7. The van der Waals surface area contributed by atoms with Crippen LogP contribution in [0.5, 0.6) is 0 Å². The summed E-state index contributed by atoms with van der Waals surface area (Å²) < 4.78 is 21.3. The topological polar surface area (TPSA) is 34.1 Å². The van der Waals surface area contributed by atoms with Crippen LogP contribution >= 0.6 is 0 Å². The Kier molecular flexibility index (Phi) is 5.56. The number of hydrogen-bond acceptors (Lipinski definition) is 2. The molecular weight excluding hydrogens is 160 g/mol. The van der Waals surface area contributed by atoms with E-state index in [9.17, 15) is 8.42 Å². The van der Waals surface area contributed by atoms with E-state index < -0.39 is 9.84 Å². The van der Waals surface area contributed by atoms with Gasteiger partial charge in [-0.1, -0.05) is 26.2 Å². The van der Waals surface area contributed by atoms with Crippen LogP contribution in [0.1, 0.15) is 32.6 Å². The van der Waals surface area contributed by atoms with Crippen molar-refractivity contribution in [3.63, 3.8) is 0 Å². The van der Waals surface area contributed by atoms with Gasteiger partial charge in [0, 0.05) is 12.0 Å². The van der Waals surface area contributed by atoms with Crippen molar-refractivity contribution >= 4 is 9.84 Å². The molecule has 0 rings (SSSR count). The minimum absolute atomic E-state index is 0.344. The van der Waals surface area contributed by atoms with E-state index in [1.54, 1.807) is 0 Å². The van der Waals surface area contributed by atoms with Gasteiger partial charge in [-0.25, -0.2) is 8.42 Å². The van der Waals surface area contributed by atoms with Crippen LogP contribution in [0.3, 0.4) is 0 Å². The molecule has 0 saturated carbocycles. The molecule has 0 amide bonds. The Balaban J connectivity index is 3.16. The molecule has 0 aromatic heterocycles. The van der Waals surface area contributed by atoms with Crippen LogP contribution in [-0.4, -0.2) is 20.4 Å². The molecule has 0 saturated heterocycles. The highest BCUT2D eigenvalue weighted by Gasteiger charge is 1.99. The molecule has 2 nitrogen and oxygen atoms in total. The molecule has 11 heavy (non-hydrogen) atoms. The van der Waals surface area contributed by atoms with Crippen molar-refractivity contribution < 1.29 is 8.42 Å². The lowest BCUT2D eigenvalue weighted by atomic mass is 10.2. The van der Waals surface area contributed by atoms with Crippen LogP contribution in [0, 0.1) is 6.42 Å². The average molecular weight is 177 g/mol. The first-order chi connectivity index (χ1) is 5.06. The van der Waals surface area contributed by atoms with Gasteiger partial charge in [0.2, 0.25) is 0 Å². The molecule has 0 aromatic carbocycles. The Labute approximate surface area is 69.9 Å². The summed E-state index contributed by atoms with van der Waals surface area (Å²) >= 11 is 0. The molecule has 0 aliphatic rings. The van der Waals surface area contributed by atoms with Gasteiger partial charge >= 0.3 is 0 Å². The predicted molar refractivity (Wildman–Crippen MR) is 48.2 cm³/mol. The fraction of sp³-hybridized carbons (Fsp3) is 0.875. The maximum absolute atomic E-state index is 10.7. The van der Waals surface area contributed by atoms with Gasteiger partial charge in [0.1, 0.15) is 9.84 Å². The zero-order valence-corrected chi connectivity index (χ0v) is 8.15. The average Bonchev–Trinajstić information content (AvgIpc) is 1.85. The van der Waals surface area contributed by atoms with Gasteiger partial charge in [0.05, 0.1) is 0 Å². The molecule has 0 aromatic rings. The smallest absolute Gasteiger partial charge is 0.147 e. The summed E-state index contributed by atoms with van der Waals surface area (Å²) in [6.45, 7) is 2.02. The van der Waals surface area contributed by atoms with Gasteiger partial charge in [-0.2, -0.15) is 0 Å². The SMILES string of the molecule is C[CH]CCCCCS(C)(=O)=O. The number of rotatable bonds is 6. The van der Waals surface area contributed by atoms with Crippen molar-refractivity contribution in [2.45, 2.75) is 32.6 Å². The molecular formula is C8H17O2S. The minimum Gasteiger partial charge on any atom is -0.229 e. The summed E-state index contributed by atoms with van der Waals surface area (Å²) in [6, 6.07) is 0. The van der Waals surface area contributed by atoms with Crippen molar-refractivity contribution in [1.82, 2.24) is 0 Å². The molecule has 0 aliphatic carbocycles. The van der Waals surface area contributed by atoms with Crippen molar-refractivity contribution in [1.29, 1.82) is 0 Å². The van der Waals surface area contributed by atoms with Crippen molar-refractivity contribution in [3.05, 3.63) is 6.42 Å². The van der Waals surface area contributed by atoms with Crippen LogP contribution in [0.15, 0.2) is 0 Å². The lowest BCUT2D eigenvalue weighted by Crippen LogP contribution is -2.02. The van der Waals surface area contributed by atoms with Crippen molar-refractivity contribution in [2.24, 2.45) is 0 Å². The second kappa shape index (κ2) is 5.58. The summed E-state index contributed by atoms with van der Waals surface area (Å²) in [6.07, 6.45) is 7.46. The Morgan fingerprint density at radius 2 is 1.82 bits per heavy atom. The highest BCUT2D eigenvalue weighted by Crippen LogP contribution is 2.02. The first kappa shape index (κ1) is 11.0. The fourth-order valence-corrected chi connectivity index (χ4v) is 1.62. The van der Waals surface area contributed by atoms with E-state index >= 15 is 0 Å². The fourth-order valence-electron chi connectivity index (χ4n) is 0.889. The molecule has 3 heteroatoms. The lowest BCUT2D eigenvalue weighted by Gasteiger charge is -1.97. The Morgan fingerprint density at radius 3 is 2.27 bits per heavy atom. The molecule has 0 spiro atoms. The standard InChI is InChI=1S/C8H17O2S/c1-3-4-5-6-7-8-11(2,9)10/h3H,4-8H2,1-2H3. The highest BCUT2D eigenvalue weighted by atomic mass is 32.2. The largest absolute Gasteiger partial charge is 0.229 e. The zero-order valence-electron chi connectivity index (χ0n) is 7.34. The second-order valence-electron chi connectivity index (χ2n) is 2.89. The number of hydrogen-bond donors (Lipinski definition) is 0. The van der Waals surface area contributed by atoms with E-state index in [0.717, 1.165) is 25.7 Å². The maximum Gasteiger partial charge on any atom is 0.147 e. The third kappa shape index (κ3) is 9.95. The Bertz CT molecular complexity index is 171. The summed E-state index contributed by atoms with van der Waals surface area (Å²) in [5.74, 6) is 0.344. The summed E-state index contributed by atoms with van der Waals surface area (Å²) in [5, 5.41) is 0. The van der Waals surface area contributed by atoms with Crippen LogP contribution in [0.25, 0.3) is 0 Å². The summed E-state index contributed by atoms with van der Waals surface area (Å²) in [5.41, 5.74) is 0. The molecule has 0 aliphatic heterocycles. The number of sulfone groups is 1. The van der Waals surface area contributed by atoms with E-state index in [-0.39, 0.29) is 0 Å². The van der Waals surface area contributed by atoms with E-state index in [2.05, 4.69) is 6.42 Å². The van der Waals surface area contributed by atoms with Crippen LogP contribution in [0.2, 0.25) is 0 Å². The first-order valence-corrected chi connectivity index (χ1v) is 6.08. The first-order valence-electron chi connectivity index (χ1n) is 4.02. The molecule has 0 fully saturated rings. The van der Waals surface area contributed by atoms with Crippen molar-refractivity contribution in [3.8, 4) is 0 Å². The molecule has 0 heterocycles. The van der Waals surface area contributed by atoms with E-state index in [0.29, 0.717) is 5.75 Å². The monoisotopic (exact) mass is 177 g/mol. The van der Waals surface area contributed by atoms with Gasteiger partial charge in [-0.15, -0.1) is 0 Å². The molecule has 0 unspecified atom stereocenters. The van der Waals surface area contributed by atoms with Gasteiger partial charge in [-0.3, -0.25) is 0 Å². The second-order valence-corrected chi connectivity index (χ2v) is 5.15. The zero-order chi connectivity index (χ0) is 8.74. The van der Waals surface area contributed by atoms with Gasteiger partial charge in [-0.05, 0) is 12.8 Å². The summed E-state index contributed by atoms with van der Waals surface area (Å²) in [4.78, 5) is 0. The predicted octanol–water partition coefficient (Wildman–Crippen LogP) is 1.82. The van der Waals surface area contributed by atoms with E-state index in [1.165, 1.54) is 6.26 Å². The van der Waals surface area contributed by atoms with Crippen molar-refractivity contribution in [2.75, 3.05) is 12.0 Å². The molecule has 67 valence electrons.